The van der Waals surface area contributed by atoms with Gasteiger partial charge in [0.05, 0.1) is 19.1 Å². The monoisotopic (exact) mass is 143 g/mol. The lowest BCUT2D eigenvalue weighted by Gasteiger charge is -2.19. The molecule has 0 aromatic carbocycles. The maximum absolute atomic E-state index is 10.5. The Hall–Kier alpha value is -0.353. The molecule has 1 saturated heterocycles. The van der Waals surface area contributed by atoms with E-state index >= 15 is 0 Å². The molecule has 0 aliphatic carbocycles. The van der Waals surface area contributed by atoms with Gasteiger partial charge >= 0.3 is 5.97 Å². The van der Waals surface area contributed by atoms with Crippen molar-refractivity contribution in [1.29, 1.82) is 0 Å². The third-order valence-corrected chi connectivity index (χ3v) is 1.60. The lowest BCUT2D eigenvalue weighted by Crippen LogP contribution is -2.26. The molecule has 0 amide bonds. The molecule has 1 rings (SSSR count). The van der Waals surface area contributed by atoms with Crippen molar-refractivity contribution in [3.05, 3.63) is 0 Å². The van der Waals surface area contributed by atoms with Crippen molar-refractivity contribution in [2.75, 3.05) is 6.61 Å². The van der Waals surface area contributed by atoms with E-state index < -0.39 is 0 Å². The summed E-state index contributed by atoms with van der Waals surface area (Å²) < 4.78 is 9.44. The second-order valence-electron chi connectivity index (χ2n) is 1.95. The summed E-state index contributed by atoms with van der Waals surface area (Å²) >= 11 is 0. The van der Waals surface area contributed by atoms with Gasteiger partial charge in [-0.25, -0.2) is 0 Å². The third kappa shape index (κ3) is 1.80. The average Bonchev–Trinajstić information content (AvgIpc) is 1.88. The number of cyclic esters (lactones) is 1. The smallest absolute Gasteiger partial charge is 0.308 e. The fraction of sp³-hybridized carbons (Fsp3) is 0.800. The average molecular weight is 143 g/mol. The first-order valence-corrected chi connectivity index (χ1v) is 3.22. The molecule has 49 valence electrons. The highest BCUT2D eigenvalue weighted by molar-refractivity contribution is 5.98. The van der Waals surface area contributed by atoms with Gasteiger partial charge in [0.1, 0.15) is 0 Å². The highest BCUT2D eigenvalue weighted by Crippen LogP contribution is 2.09. The molecule has 3 radical (unpaired) electrons. The molecule has 9 heavy (non-hydrogen) atoms. The van der Waals surface area contributed by atoms with Crippen LogP contribution < -0.4 is 0 Å². The standard InChI is InChI=1S/C5H7O3Si/c6-5-3-4(8-9)1-2-7-5/h4H,1-3H2/t4-/m1/s1. The first-order valence-electron chi connectivity index (χ1n) is 2.81. The molecule has 0 N–H and O–H groups in total. The molecule has 0 bridgehead atoms. The Labute approximate surface area is 56.9 Å². The Kier molecular flexibility index (Phi) is 2.24. The number of esters is 1. The van der Waals surface area contributed by atoms with Crippen molar-refractivity contribution >= 4 is 16.5 Å². The topological polar surface area (TPSA) is 35.5 Å². The van der Waals surface area contributed by atoms with E-state index in [0.717, 1.165) is 6.42 Å². The third-order valence-electron chi connectivity index (χ3n) is 1.26. The van der Waals surface area contributed by atoms with Gasteiger partial charge in [-0.1, -0.05) is 0 Å². The predicted molar refractivity (Wildman–Crippen MR) is 30.8 cm³/mol. The van der Waals surface area contributed by atoms with Crippen LogP contribution in [-0.2, 0) is 14.0 Å². The summed E-state index contributed by atoms with van der Waals surface area (Å²) in [5, 5.41) is 0. The molecule has 1 aliphatic heterocycles. The van der Waals surface area contributed by atoms with Crippen molar-refractivity contribution in [3.8, 4) is 0 Å². The molecule has 0 spiro atoms. The van der Waals surface area contributed by atoms with Gasteiger partial charge in [0.25, 0.3) is 0 Å². The number of ether oxygens (including phenoxy) is 1. The van der Waals surface area contributed by atoms with Crippen LogP contribution in [0.1, 0.15) is 12.8 Å². The van der Waals surface area contributed by atoms with Gasteiger partial charge < -0.3 is 9.16 Å². The number of hydrogen-bond donors (Lipinski definition) is 0. The quantitative estimate of drug-likeness (QED) is 0.376. The molecule has 3 nitrogen and oxygen atoms in total. The van der Waals surface area contributed by atoms with Crippen LogP contribution in [0.25, 0.3) is 0 Å². The molecular formula is C5H7O3Si. The van der Waals surface area contributed by atoms with Crippen LogP contribution in [0.5, 0.6) is 0 Å². The number of hydrogen-bond acceptors (Lipinski definition) is 3. The predicted octanol–water partition coefficient (Wildman–Crippen LogP) is -0.208. The summed E-state index contributed by atoms with van der Waals surface area (Å²) in [6.45, 7) is 0.480. The van der Waals surface area contributed by atoms with Crippen molar-refractivity contribution in [1.82, 2.24) is 0 Å². The first-order chi connectivity index (χ1) is 4.33. The van der Waals surface area contributed by atoms with Crippen LogP contribution >= 0.6 is 0 Å². The fourth-order valence-electron chi connectivity index (χ4n) is 0.752. The number of rotatable bonds is 1. The minimum atomic E-state index is -0.176. The summed E-state index contributed by atoms with van der Waals surface area (Å²) in [6.07, 6.45) is 1.15. The van der Waals surface area contributed by atoms with Crippen LogP contribution in [0.3, 0.4) is 0 Å². The fourth-order valence-corrected chi connectivity index (χ4v) is 0.953. The molecular weight excluding hydrogens is 136 g/mol. The van der Waals surface area contributed by atoms with Crippen LogP contribution in [-0.4, -0.2) is 29.2 Å². The lowest BCUT2D eigenvalue weighted by atomic mass is 10.2. The molecule has 0 aromatic heterocycles. The molecule has 1 fully saturated rings. The van der Waals surface area contributed by atoms with Gasteiger partial charge in [0, 0.05) is 6.42 Å². The highest BCUT2D eigenvalue weighted by atomic mass is 28.2. The van der Waals surface area contributed by atoms with Gasteiger partial charge in [-0.3, -0.25) is 4.79 Å². The molecule has 0 aromatic rings. The summed E-state index contributed by atoms with van der Waals surface area (Å²) in [4.78, 5) is 10.5. The first kappa shape index (κ1) is 6.76. The second-order valence-corrected chi connectivity index (χ2v) is 2.19. The Balaban J connectivity index is 2.32. The Morgan fingerprint density at radius 1 is 1.78 bits per heavy atom. The van der Waals surface area contributed by atoms with Crippen LogP contribution in [0.2, 0.25) is 0 Å². The van der Waals surface area contributed by atoms with Crippen molar-refractivity contribution in [3.63, 3.8) is 0 Å². The SMILES string of the molecule is O=C1C[C@H](O[Si])CCO1. The highest BCUT2D eigenvalue weighted by Gasteiger charge is 2.18. The molecule has 1 aliphatic rings. The van der Waals surface area contributed by atoms with Crippen molar-refractivity contribution in [2.24, 2.45) is 0 Å². The molecule has 4 heteroatoms. The van der Waals surface area contributed by atoms with Crippen LogP contribution in [0, 0.1) is 0 Å². The maximum Gasteiger partial charge on any atom is 0.308 e. The van der Waals surface area contributed by atoms with E-state index in [4.69, 9.17) is 4.43 Å². The zero-order chi connectivity index (χ0) is 6.69. The Bertz CT molecular complexity index is 115. The Morgan fingerprint density at radius 2 is 2.56 bits per heavy atom. The second kappa shape index (κ2) is 2.98. The number of carbonyl (C=O) groups excluding carboxylic acids is 1. The van der Waals surface area contributed by atoms with Crippen LogP contribution in [0.15, 0.2) is 0 Å². The normalized spacial score (nSPS) is 27.7. The summed E-state index contributed by atoms with van der Waals surface area (Å²) in [7, 11) is 2.88. The van der Waals surface area contributed by atoms with E-state index in [1.807, 2.05) is 0 Å². The van der Waals surface area contributed by atoms with E-state index in [0.29, 0.717) is 13.0 Å². The largest absolute Gasteiger partial charge is 0.466 e. The maximum atomic E-state index is 10.5. The van der Waals surface area contributed by atoms with Gasteiger partial charge in [0.2, 0.25) is 10.5 Å². The van der Waals surface area contributed by atoms with Gasteiger partial charge in [-0.05, 0) is 0 Å². The molecule has 1 heterocycles. The van der Waals surface area contributed by atoms with Gasteiger partial charge in [-0.2, -0.15) is 0 Å². The zero-order valence-electron chi connectivity index (χ0n) is 4.92. The van der Waals surface area contributed by atoms with E-state index in [2.05, 4.69) is 15.2 Å². The minimum absolute atomic E-state index is 0.00270. The summed E-state index contributed by atoms with van der Waals surface area (Å²) in [5.41, 5.74) is 0. The van der Waals surface area contributed by atoms with Crippen molar-refractivity contribution < 1.29 is 14.0 Å². The number of carbonyl (C=O) groups is 1. The summed E-state index contributed by atoms with van der Waals surface area (Å²) in [6, 6.07) is 0. The summed E-state index contributed by atoms with van der Waals surface area (Å²) in [5.74, 6) is -0.176. The minimum Gasteiger partial charge on any atom is -0.466 e. The molecule has 1 atom stereocenters. The Morgan fingerprint density at radius 3 is 3.00 bits per heavy atom. The van der Waals surface area contributed by atoms with Gasteiger partial charge in [0.15, 0.2) is 0 Å². The molecule has 0 unspecified atom stereocenters. The van der Waals surface area contributed by atoms with Crippen molar-refractivity contribution in [2.45, 2.75) is 18.9 Å². The molecule has 0 saturated carbocycles. The zero-order valence-corrected chi connectivity index (χ0v) is 5.92. The van der Waals surface area contributed by atoms with E-state index in [1.54, 1.807) is 0 Å². The van der Waals surface area contributed by atoms with E-state index in [-0.39, 0.29) is 12.1 Å². The van der Waals surface area contributed by atoms with E-state index in [9.17, 15) is 4.79 Å². The lowest BCUT2D eigenvalue weighted by molar-refractivity contribution is -0.150. The van der Waals surface area contributed by atoms with E-state index in [1.165, 1.54) is 0 Å². The van der Waals surface area contributed by atoms with Gasteiger partial charge in [-0.15, -0.1) is 0 Å². The van der Waals surface area contributed by atoms with Crippen LogP contribution in [0.4, 0.5) is 0 Å².